The van der Waals surface area contributed by atoms with Gasteiger partial charge in [-0.2, -0.15) is 0 Å². The van der Waals surface area contributed by atoms with Crippen LogP contribution in [0.5, 0.6) is 0 Å². The zero-order chi connectivity index (χ0) is 13.8. The first kappa shape index (κ1) is 15.0. The lowest BCUT2D eigenvalue weighted by Gasteiger charge is -2.34. The minimum absolute atomic E-state index is 0.0142. The molecule has 0 bridgehead atoms. The summed E-state index contributed by atoms with van der Waals surface area (Å²) in [6.45, 7) is 7.47. The summed E-state index contributed by atoms with van der Waals surface area (Å²) in [4.78, 5) is 24.7. The van der Waals surface area contributed by atoms with Crippen LogP contribution < -0.4 is 0 Å². The maximum Gasteiger partial charge on any atom is 0.303 e. The number of carboxylic acids is 1. The molecule has 1 aliphatic rings. The number of amides is 1. The highest BCUT2D eigenvalue weighted by molar-refractivity contribution is 5.78. The molecule has 1 amide bonds. The van der Waals surface area contributed by atoms with Gasteiger partial charge in [0.15, 0.2) is 0 Å². The second kappa shape index (κ2) is 6.18. The Bertz CT molecular complexity index is 314. The Kier molecular flexibility index (Phi) is 5.14. The predicted molar refractivity (Wildman–Crippen MR) is 67.3 cm³/mol. The van der Waals surface area contributed by atoms with Gasteiger partial charge in [-0.1, -0.05) is 20.8 Å². The van der Waals surface area contributed by atoms with Gasteiger partial charge in [-0.15, -0.1) is 0 Å². The van der Waals surface area contributed by atoms with Gasteiger partial charge in [0.1, 0.15) is 0 Å². The molecule has 1 saturated heterocycles. The molecular weight excluding hydrogens is 234 g/mol. The van der Waals surface area contributed by atoms with Gasteiger partial charge in [-0.3, -0.25) is 9.59 Å². The van der Waals surface area contributed by atoms with Crippen molar-refractivity contribution in [3.05, 3.63) is 0 Å². The summed E-state index contributed by atoms with van der Waals surface area (Å²) >= 11 is 0. The van der Waals surface area contributed by atoms with Crippen molar-refractivity contribution in [1.29, 1.82) is 0 Å². The summed E-state index contributed by atoms with van der Waals surface area (Å²) in [6.07, 6.45) is 1.29. The molecule has 0 aliphatic carbocycles. The molecule has 1 atom stereocenters. The van der Waals surface area contributed by atoms with Gasteiger partial charge in [0.05, 0.1) is 19.1 Å². The summed E-state index contributed by atoms with van der Waals surface area (Å²) in [5.41, 5.74) is -0.497. The van der Waals surface area contributed by atoms with Gasteiger partial charge in [0.25, 0.3) is 0 Å². The molecule has 1 aliphatic heterocycles. The summed E-state index contributed by atoms with van der Waals surface area (Å²) < 4.78 is 5.51. The number of carbonyl (C=O) groups is 2. The number of nitrogens with zero attached hydrogens (tertiary/aromatic N) is 1. The molecule has 0 unspecified atom stereocenters. The van der Waals surface area contributed by atoms with E-state index in [-0.39, 0.29) is 24.9 Å². The number of hydrogen-bond acceptors (Lipinski definition) is 3. The standard InChI is InChI=1S/C13H23NO4/c1-4-10-9-14(5-6-18-10)11(15)7-13(2,3)8-12(16)17/h10H,4-9H2,1-3H3,(H,16,17)/t10-/m1/s1. The maximum absolute atomic E-state index is 12.1. The van der Waals surface area contributed by atoms with Crippen LogP contribution in [0.25, 0.3) is 0 Å². The minimum Gasteiger partial charge on any atom is -0.481 e. The molecular formula is C13H23NO4. The average molecular weight is 257 g/mol. The van der Waals surface area contributed by atoms with Gasteiger partial charge >= 0.3 is 5.97 Å². The zero-order valence-corrected chi connectivity index (χ0v) is 11.4. The lowest BCUT2D eigenvalue weighted by atomic mass is 9.85. The molecule has 104 valence electrons. The number of aliphatic carboxylic acids is 1. The molecule has 1 fully saturated rings. The monoisotopic (exact) mass is 257 g/mol. The van der Waals surface area contributed by atoms with Crippen LogP contribution in [-0.4, -0.2) is 47.7 Å². The van der Waals surface area contributed by atoms with E-state index < -0.39 is 11.4 Å². The maximum atomic E-state index is 12.1. The number of rotatable bonds is 5. The van der Waals surface area contributed by atoms with Gasteiger partial charge in [-0.25, -0.2) is 0 Å². The van der Waals surface area contributed by atoms with Crippen molar-refractivity contribution in [2.24, 2.45) is 5.41 Å². The highest BCUT2D eigenvalue weighted by Gasteiger charge is 2.30. The first-order valence-electron chi connectivity index (χ1n) is 6.45. The fraction of sp³-hybridized carbons (Fsp3) is 0.846. The Labute approximate surface area is 108 Å². The molecule has 5 nitrogen and oxygen atoms in total. The summed E-state index contributed by atoms with van der Waals surface area (Å²) in [6, 6.07) is 0. The topological polar surface area (TPSA) is 66.8 Å². The van der Waals surface area contributed by atoms with Crippen LogP contribution in [0.15, 0.2) is 0 Å². The number of morpholine rings is 1. The van der Waals surface area contributed by atoms with E-state index in [0.29, 0.717) is 19.7 Å². The van der Waals surface area contributed by atoms with Crippen molar-refractivity contribution < 1.29 is 19.4 Å². The van der Waals surface area contributed by atoms with Crippen molar-refractivity contribution >= 4 is 11.9 Å². The van der Waals surface area contributed by atoms with E-state index in [4.69, 9.17) is 9.84 Å². The number of ether oxygens (including phenoxy) is 1. The molecule has 5 heteroatoms. The largest absolute Gasteiger partial charge is 0.481 e. The van der Waals surface area contributed by atoms with Crippen LogP contribution in [0.1, 0.15) is 40.0 Å². The first-order chi connectivity index (χ1) is 8.34. The average Bonchev–Trinajstić information content (AvgIpc) is 2.26. The quantitative estimate of drug-likeness (QED) is 0.810. The van der Waals surface area contributed by atoms with E-state index in [1.54, 1.807) is 4.90 Å². The van der Waals surface area contributed by atoms with Crippen molar-refractivity contribution in [1.82, 2.24) is 4.90 Å². The normalized spacial score (nSPS) is 20.8. The van der Waals surface area contributed by atoms with Crippen molar-refractivity contribution in [3.63, 3.8) is 0 Å². The van der Waals surface area contributed by atoms with E-state index in [1.165, 1.54) is 0 Å². The smallest absolute Gasteiger partial charge is 0.303 e. The van der Waals surface area contributed by atoms with Crippen LogP contribution in [0.3, 0.4) is 0 Å². The minimum atomic E-state index is -0.860. The second-order valence-corrected chi connectivity index (χ2v) is 5.65. The fourth-order valence-corrected chi connectivity index (χ4v) is 2.19. The summed E-state index contributed by atoms with van der Waals surface area (Å²) in [7, 11) is 0. The van der Waals surface area contributed by atoms with Gasteiger partial charge in [0.2, 0.25) is 5.91 Å². The highest BCUT2D eigenvalue weighted by Crippen LogP contribution is 2.26. The third-order valence-corrected chi connectivity index (χ3v) is 3.21. The van der Waals surface area contributed by atoms with Crippen LogP contribution in [0.4, 0.5) is 0 Å². The molecule has 1 heterocycles. The Morgan fingerprint density at radius 2 is 2.06 bits per heavy atom. The molecule has 18 heavy (non-hydrogen) atoms. The molecule has 0 spiro atoms. The Morgan fingerprint density at radius 3 is 2.61 bits per heavy atom. The second-order valence-electron chi connectivity index (χ2n) is 5.65. The van der Waals surface area contributed by atoms with Crippen LogP contribution >= 0.6 is 0 Å². The Balaban J connectivity index is 2.51. The third-order valence-electron chi connectivity index (χ3n) is 3.21. The SMILES string of the molecule is CC[C@@H]1CN(C(=O)CC(C)(C)CC(=O)O)CCO1. The van der Waals surface area contributed by atoms with Crippen LogP contribution in [0.2, 0.25) is 0 Å². The van der Waals surface area contributed by atoms with E-state index in [0.717, 1.165) is 6.42 Å². The Morgan fingerprint density at radius 1 is 1.39 bits per heavy atom. The van der Waals surface area contributed by atoms with Crippen molar-refractivity contribution in [2.75, 3.05) is 19.7 Å². The molecule has 0 aromatic rings. The van der Waals surface area contributed by atoms with Crippen molar-refractivity contribution in [3.8, 4) is 0 Å². The van der Waals surface area contributed by atoms with Crippen LogP contribution in [0, 0.1) is 5.41 Å². The molecule has 0 aromatic carbocycles. The number of carbonyl (C=O) groups excluding carboxylic acids is 1. The van der Waals surface area contributed by atoms with Crippen LogP contribution in [-0.2, 0) is 14.3 Å². The number of hydrogen-bond donors (Lipinski definition) is 1. The van der Waals surface area contributed by atoms with E-state index in [9.17, 15) is 9.59 Å². The molecule has 1 rings (SSSR count). The lowest BCUT2D eigenvalue weighted by Crippen LogP contribution is -2.46. The fourth-order valence-electron chi connectivity index (χ4n) is 2.19. The predicted octanol–water partition coefficient (Wildman–Crippen LogP) is 1.51. The molecule has 0 saturated carbocycles. The van der Waals surface area contributed by atoms with E-state index >= 15 is 0 Å². The zero-order valence-electron chi connectivity index (χ0n) is 11.4. The third kappa shape index (κ3) is 4.64. The lowest BCUT2D eigenvalue weighted by molar-refractivity contribution is -0.143. The number of carboxylic acid groups (broad SMARTS) is 1. The van der Waals surface area contributed by atoms with E-state index in [1.807, 2.05) is 20.8 Å². The van der Waals surface area contributed by atoms with Gasteiger partial charge < -0.3 is 14.7 Å². The summed E-state index contributed by atoms with van der Waals surface area (Å²) in [5.74, 6) is -0.829. The van der Waals surface area contributed by atoms with Gasteiger partial charge in [-0.05, 0) is 11.8 Å². The van der Waals surface area contributed by atoms with E-state index in [2.05, 4.69) is 0 Å². The Hall–Kier alpha value is -1.10. The highest BCUT2D eigenvalue weighted by atomic mass is 16.5. The summed E-state index contributed by atoms with van der Waals surface area (Å²) in [5, 5.41) is 8.81. The van der Waals surface area contributed by atoms with Crippen molar-refractivity contribution in [2.45, 2.75) is 46.1 Å². The molecule has 1 N–H and O–H groups in total. The van der Waals surface area contributed by atoms with Gasteiger partial charge in [0, 0.05) is 19.5 Å². The molecule has 0 radical (unpaired) electrons. The molecule has 0 aromatic heterocycles. The first-order valence-corrected chi connectivity index (χ1v) is 6.45.